The molecule has 3 rings (SSSR count). The smallest absolute Gasteiger partial charge is 0.265 e. The SMILES string of the molecule is Cc1occc1C(=O)Nc1ccc2c(c1)NC(=O)C(C)O2. The predicted molar refractivity (Wildman–Crippen MR) is 76.6 cm³/mol. The van der Waals surface area contributed by atoms with E-state index in [0.717, 1.165) is 0 Å². The third kappa shape index (κ3) is 2.47. The number of fused-ring (bicyclic) bond motifs is 1. The molecule has 1 atom stereocenters. The molecule has 2 N–H and O–H groups in total. The van der Waals surface area contributed by atoms with Crippen LogP contribution < -0.4 is 15.4 Å². The van der Waals surface area contributed by atoms with Gasteiger partial charge in [-0.25, -0.2) is 0 Å². The molecule has 1 unspecified atom stereocenters. The van der Waals surface area contributed by atoms with Gasteiger partial charge in [0.2, 0.25) is 0 Å². The molecule has 2 aromatic rings. The normalized spacial score (nSPS) is 16.7. The Hall–Kier alpha value is -2.76. The van der Waals surface area contributed by atoms with Gasteiger partial charge in [-0.05, 0) is 38.1 Å². The molecule has 6 heteroatoms. The summed E-state index contributed by atoms with van der Waals surface area (Å²) in [5, 5.41) is 5.49. The number of ether oxygens (including phenoxy) is 1. The van der Waals surface area contributed by atoms with E-state index in [1.54, 1.807) is 38.1 Å². The maximum atomic E-state index is 12.1. The van der Waals surface area contributed by atoms with Crippen LogP contribution in [0.15, 0.2) is 34.9 Å². The summed E-state index contributed by atoms with van der Waals surface area (Å²) in [7, 11) is 0. The Morgan fingerprint density at radius 3 is 2.86 bits per heavy atom. The minimum absolute atomic E-state index is 0.211. The molecule has 2 heterocycles. The van der Waals surface area contributed by atoms with Crippen LogP contribution in [-0.4, -0.2) is 17.9 Å². The van der Waals surface area contributed by atoms with E-state index in [-0.39, 0.29) is 11.8 Å². The van der Waals surface area contributed by atoms with Gasteiger partial charge in [0, 0.05) is 5.69 Å². The Kier molecular flexibility index (Phi) is 3.13. The number of anilines is 2. The summed E-state index contributed by atoms with van der Waals surface area (Å²) in [6.07, 6.45) is 0.943. The second kappa shape index (κ2) is 4.97. The standard InChI is InChI=1S/C15H14N2O4/c1-8-11(5-6-20-8)15(19)16-10-3-4-13-12(7-10)17-14(18)9(2)21-13/h3-7,9H,1-2H3,(H,16,19)(H,17,18). The molecule has 1 aliphatic rings. The molecular formula is C15H14N2O4. The first-order valence-electron chi connectivity index (χ1n) is 6.51. The monoisotopic (exact) mass is 286 g/mol. The lowest BCUT2D eigenvalue weighted by atomic mass is 10.2. The van der Waals surface area contributed by atoms with Gasteiger partial charge in [-0.1, -0.05) is 0 Å². The maximum Gasteiger partial charge on any atom is 0.265 e. The molecule has 0 bridgehead atoms. The van der Waals surface area contributed by atoms with Crippen LogP contribution in [0.1, 0.15) is 23.0 Å². The number of amides is 2. The zero-order valence-electron chi connectivity index (χ0n) is 11.6. The lowest BCUT2D eigenvalue weighted by molar-refractivity contribution is -0.122. The molecule has 21 heavy (non-hydrogen) atoms. The van der Waals surface area contributed by atoms with Gasteiger partial charge in [-0.15, -0.1) is 0 Å². The first kappa shape index (κ1) is 13.2. The van der Waals surface area contributed by atoms with Gasteiger partial charge in [0.25, 0.3) is 11.8 Å². The van der Waals surface area contributed by atoms with Crippen molar-refractivity contribution >= 4 is 23.2 Å². The van der Waals surface area contributed by atoms with Gasteiger partial charge in [0.15, 0.2) is 6.10 Å². The minimum Gasteiger partial charge on any atom is -0.479 e. The number of hydrogen-bond acceptors (Lipinski definition) is 4. The molecule has 2 amide bonds. The molecule has 0 saturated heterocycles. The Balaban J connectivity index is 1.82. The van der Waals surface area contributed by atoms with Crippen molar-refractivity contribution in [1.82, 2.24) is 0 Å². The molecule has 108 valence electrons. The minimum atomic E-state index is -0.522. The van der Waals surface area contributed by atoms with Gasteiger partial charge in [-0.2, -0.15) is 0 Å². The van der Waals surface area contributed by atoms with Crippen molar-refractivity contribution in [1.29, 1.82) is 0 Å². The summed E-state index contributed by atoms with van der Waals surface area (Å²) in [6.45, 7) is 3.40. The van der Waals surface area contributed by atoms with Gasteiger partial charge in [-0.3, -0.25) is 9.59 Å². The van der Waals surface area contributed by atoms with Gasteiger partial charge in [0.05, 0.1) is 17.5 Å². The van der Waals surface area contributed by atoms with Crippen molar-refractivity contribution in [2.45, 2.75) is 20.0 Å². The van der Waals surface area contributed by atoms with E-state index in [1.165, 1.54) is 6.26 Å². The first-order valence-corrected chi connectivity index (χ1v) is 6.51. The summed E-state index contributed by atoms with van der Waals surface area (Å²) in [4.78, 5) is 23.7. The third-order valence-electron chi connectivity index (χ3n) is 3.27. The third-order valence-corrected chi connectivity index (χ3v) is 3.27. The first-order chi connectivity index (χ1) is 10.0. The second-order valence-corrected chi connectivity index (χ2v) is 4.80. The van der Waals surface area contributed by atoms with Crippen LogP contribution in [0, 0.1) is 6.92 Å². The van der Waals surface area contributed by atoms with Crippen LogP contribution in [0.3, 0.4) is 0 Å². The molecule has 1 aromatic heterocycles. The molecule has 1 aromatic carbocycles. The average molecular weight is 286 g/mol. The number of benzene rings is 1. The van der Waals surface area contributed by atoms with Crippen molar-refractivity contribution in [3.8, 4) is 5.75 Å². The maximum absolute atomic E-state index is 12.1. The Labute approximate surface area is 121 Å². The van der Waals surface area contributed by atoms with Gasteiger partial charge < -0.3 is 19.8 Å². The van der Waals surface area contributed by atoms with Crippen LogP contribution >= 0.6 is 0 Å². The van der Waals surface area contributed by atoms with Crippen LogP contribution in [0.4, 0.5) is 11.4 Å². The number of aryl methyl sites for hydroxylation is 1. The fourth-order valence-electron chi connectivity index (χ4n) is 2.11. The van der Waals surface area contributed by atoms with Crippen molar-refractivity contribution < 1.29 is 18.7 Å². The van der Waals surface area contributed by atoms with Crippen molar-refractivity contribution in [2.24, 2.45) is 0 Å². The molecule has 1 aliphatic heterocycles. The van der Waals surface area contributed by atoms with Crippen molar-refractivity contribution in [3.05, 3.63) is 41.9 Å². The summed E-state index contributed by atoms with van der Waals surface area (Å²) in [5.41, 5.74) is 1.58. The lowest BCUT2D eigenvalue weighted by Crippen LogP contribution is -2.34. The topological polar surface area (TPSA) is 80.6 Å². The molecule has 0 saturated carbocycles. The number of furan rings is 1. The highest BCUT2D eigenvalue weighted by Gasteiger charge is 2.23. The number of hydrogen-bond donors (Lipinski definition) is 2. The van der Waals surface area contributed by atoms with E-state index in [1.807, 2.05) is 0 Å². The largest absolute Gasteiger partial charge is 0.479 e. The quantitative estimate of drug-likeness (QED) is 0.889. The number of nitrogens with one attached hydrogen (secondary N) is 2. The Bertz CT molecular complexity index is 720. The fourth-order valence-corrected chi connectivity index (χ4v) is 2.11. The number of carbonyl (C=O) groups excluding carboxylic acids is 2. The molecular weight excluding hydrogens is 272 g/mol. The van der Waals surface area contributed by atoms with E-state index in [0.29, 0.717) is 28.4 Å². The van der Waals surface area contributed by atoms with E-state index >= 15 is 0 Å². The van der Waals surface area contributed by atoms with Crippen molar-refractivity contribution in [2.75, 3.05) is 10.6 Å². The number of carbonyl (C=O) groups is 2. The second-order valence-electron chi connectivity index (χ2n) is 4.80. The van der Waals surface area contributed by atoms with Crippen LogP contribution in [-0.2, 0) is 4.79 Å². The summed E-state index contributed by atoms with van der Waals surface area (Å²) in [6, 6.07) is 6.70. The molecule has 0 spiro atoms. The zero-order chi connectivity index (χ0) is 15.0. The van der Waals surface area contributed by atoms with E-state index in [2.05, 4.69) is 10.6 Å². The zero-order valence-corrected chi connectivity index (χ0v) is 11.6. The summed E-state index contributed by atoms with van der Waals surface area (Å²) < 4.78 is 10.6. The highest BCUT2D eigenvalue weighted by molar-refractivity contribution is 6.05. The molecule has 0 aliphatic carbocycles. The lowest BCUT2D eigenvalue weighted by Gasteiger charge is -2.23. The summed E-state index contributed by atoms with van der Waals surface area (Å²) in [5.74, 6) is 0.657. The van der Waals surface area contributed by atoms with Crippen LogP contribution in [0.25, 0.3) is 0 Å². The van der Waals surface area contributed by atoms with Crippen molar-refractivity contribution in [3.63, 3.8) is 0 Å². The molecule has 0 fully saturated rings. The number of rotatable bonds is 2. The van der Waals surface area contributed by atoms with Crippen LogP contribution in [0.5, 0.6) is 5.75 Å². The van der Waals surface area contributed by atoms with Gasteiger partial charge in [0.1, 0.15) is 11.5 Å². The van der Waals surface area contributed by atoms with E-state index < -0.39 is 6.10 Å². The van der Waals surface area contributed by atoms with Crippen LogP contribution in [0.2, 0.25) is 0 Å². The summed E-state index contributed by atoms with van der Waals surface area (Å²) >= 11 is 0. The fraction of sp³-hybridized carbons (Fsp3) is 0.200. The van der Waals surface area contributed by atoms with Gasteiger partial charge >= 0.3 is 0 Å². The average Bonchev–Trinajstić information content (AvgIpc) is 2.87. The molecule has 0 radical (unpaired) electrons. The van der Waals surface area contributed by atoms with E-state index in [4.69, 9.17) is 9.15 Å². The van der Waals surface area contributed by atoms with E-state index in [9.17, 15) is 9.59 Å². The molecule has 6 nitrogen and oxygen atoms in total. The highest BCUT2D eigenvalue weighted by atomic mass is 16.5. The Morgan fingerprint density at radius 1 is 1.33 bits per heavy atom. The Morgan fingerprint density at radius 2 is 2.14 bits per heavy atom. The highest BCUT2D eigenvalue weighted by Crippen LogP contribution is 2.32. The predicted octanol–water partition coefficient (Wildman–Crippen LogP) is 2.56.